The van der Waals surface area contributed by atoms with E-state index in [4.69, 9.17) is 22.0 Å². The van der Waals surface area contributed by atoms with Gasteiger partial charge in [0.05, 0.1) is 27.9 Å². The zero-order chi connectivity index (χ0) is 13.8. The molecule has 4 nitrogen and oxygen atoms in total. The number of rotatable bonds is 4. The third-order valence-electron chi connectivity index (χ3n) is 2.45. The summed E-state index contributed by atoms with van der Waals surface area (Å²) in [6, 6.07) is 8.62. The Labute approximate surface area is 118 Å². The number of hydrogen-bond donors (Lipinski definition) is 2. The van der Waals surface area contributed by atoms with Crippen molar-refractivity contribution < 1.29 is 9.90 Å². The quantitative estimate of drug-likeness (QED) is 0.903. The zero-order valence-electron chi connectivity index (χ0n) is 9.68. The Morgan fingerprint density at radius 1 is 1.47 bits per heavy atom. The van der Waals surface area contributed by atoms with Gasteiger partial charge in [0.15, 0.2) is 0 Å². The first kappa shape index (κ1) is 13.4. The molecular formula is C13H9ClN2O2S. The van der Waals surface area contributed by atoms with Crippen molar-refractivity contribution in [2.75, 3.05) is 5.32 Å². The number of carboxylic acid groups (broad SMARTS) is 1. The van der Waals surface area contributed by atoms with Gasteiger partial charge in [0, 0.05) is 16.8 Å². The first-order valence-electron chi connectivity index (χ1n) is 5.34. The number of nitrogens with one attached hydrogen (secondary N) is 1. The van der Waals surface area contributed by atoms with Gasteiger partial charge in [-0.15, -0.1) is 11.3 Å². The lowest BCUT2D eigenvalue weighted by molar-refractivity contribution is 0.0697. The Morgan fingerprint density at radius 3 is 2.84 bits per heavy atom. The second-order valence-electron chi connectivity index (χ2n) is 3.77. The largest absolute Gasteiger partial charge is 0.478 e. The fourth-order valence-corrected chi connectivity index (χ4v) is 2.54. The maximum atomic E-state index is 10.7. The van der Waals surface area contributed by atoms with Crippen LogP contribution in [0.5, 0.6) is 0 Å². The normalized spacial score (nSPS) is 9.89. The smallest absolute Gasteiger partial charge is 0.336 e. The van der Waals surface area contributed by atoms with Gasteiger partial charge in [0.1, 0.15) is 0 Å². The first-order chi connectivity index (χ1) is 9.10. The van der Waals surface area contributed by atoms with Crippen LogP contribution >= 0.6 is 22.9 Å². The summed E-state index contributed by atoms with van der Waals surface area (Å²) in [5, 5.41) is 22.7. The minimum absolute atomic E-state index is 0.285. The fraction of sp³-hybridized carbons (Fsp3) is 0.0769. The molecule has 1 aromatic heterocycles. The monoisotopic (exact) mass is 292 g/mol. The van der Waals surface area contributed by atoms with E-state index >= 15 is 0 Å². The van der Waals surface area contributed by atoms with Crippen molar-refractivity contribution in [1.82, 2.24) is 0 Å². The van der Waals surface area contributed by atoms with Gasteiger partial charge >= 0.3 is 5.97 Å². The van der Waals surface area contributed by atoms with Crippen LogP contribution in [-0.2, 0) is 6.54 Å². The van der Waals surface area contributed by atoms with Crippen LogP contribution in [0, 0.1) is 11.3 Å². The lowest BCUT2D eigenvalue weighted by atomic mass is 10.2. The van der Waals surface area contributed by atoms with E-state index in [1.54, 1.807) is 29.6 Å². The van der Waals surface area contributed by atoms with E-state index in [0.29, 0.717) is 22.8 Å². The maximum absolute atomic E-state index is 10.7. The Bertz CT molecular complexity index is 661. The minimum atomic E-state index is -0.932. The van der Waals surface area contributed by atoms with E-state index in [-0.39, 0.29) is 5.56 Å². The van der Waals surface area contributed by atoms with Crippen LogP contribution < -0.4 is 5.32 Å². The topological polar surface area (TPSA) is 73.1 Å². The van der Waals surface area contributed by atoms with Crippen LogP contribution in [0.15, 0.2) is 29.6 Å². The Hall–Kier alpha value is -2.03. The molecule has 1 aromatic carbocycles. The number of nitrogens with zero attached hydrogens (tertiary/aromatic N) is 1. The summed E-state index contributed by atoms with van der Waals surface area (Å²) in [5.74, 6) is -0.932. The average Bonchev–Trinajstić information content (AvgIpc) is 2.86. The van der Waals surface area contributed by atoms with Gasteiger partial charge in [-0.1, -0.05) is 11.6 Å². The first-order valence-corrected chi connectivity index (χ1v) is 6.60. The molecule has 0 atom stereocenters. The molecule has 6 heteroatoms. The standard InChI is InChI=1S/C13H9ClN2O2S/c14-11-3-8(5-15)1-2-12(11)16-6-10-4-9(7-19-10)13(17)18/h1-4,7,16H,6H2,(H,17,18). The van der Waals surface area contributed by atoms with Crippen LogP contribution in [-0.4, -0.2) is 11.1 Å². The van der Waals surface area contributed by atoms with Crippen molar-refractivity contribution in [2.24, 2.45) is 0 Å². The van der Waals surface area contributed by atoms with Gasteiger partial charge < -0.3 is 10.4 Å². The molecule has 1 heterocycles. The molecule has 0 bridgehead atoms. The van der Waals surface area contributed by atoms with Crippen molar-refractivity contribution in [3.8, 4) is 6.07 Å². The summed E-state index contributed by atoms with van der Waals surface area (Å²) in [4.78, 5) is 11.6. The number of anilines is 1. The zero-order valence-corrected chi connectivity index (χ0v) is 11.3. The molecule has 2 aromatic rings. The average molecular weight is 293 g/mol. The molecule has 0 aliphatic heterocycles. The van der Waals surface area contributed by atoms with E-state index in [1.807, 2.05) is 6.07 Å². The SMILES string of the molecule is N#Cc1ccc(NCc2cc(C(=O)O)cs2)c(Cl)c1. The van der Waals surface area contributed by atoms with Crippen LogP contribution in [0.2, 0.25) is 5.02 Å². The molecule has 0 saturated carbocycles. The van der Waals surface area contributed by atoms with Crippen molar-refractivity contribution in [3.05, 3.63) is 50.7 Å². The highest BCUT2D eigenvalue weighted by Crippen LogP contribution is 2.24. The third-order valence-corrected chi connectivity index (χ3v) is 3.70. The fourth-order valence-electron chi connectivity index (χ4n) is 1.50. The summed E-state index contributed by atoms with van der Waals surface area (Å²) in [5.41, 5.74) is 1.50. The van der Waals surface area contributed by atoms with Gasteiger partial charge in [-0.25, -0.2) is 4.79 Å². The molecule has 2 N–H and O–H groups in total. The second kappa shape index (κ2) is 5.74. The summed E-state index contributed by atoms with van der Waals surface area (Å²) in [6.45, 7) is 0.490. The molecule has 19 heavy (non-hydrogen) atoms. The Kier molecular flexibility index (Phi) is 4.05. The summed E-state index contributed by atoms with van der Waals surface area (Å²) in [7, 11) is 0. The summed E-state index contributed by atoms with van der Waals surface area (Å²) < 4.78 is 0. The number of nitriles is 1. The number of benzene rings is 1. The van der Waals surface area contributed by atoms with Gasteiger partial charge in [-0.2, -0.15) is 5.26 Å². The number of hydrogen-bond acceptors (Lipinski definition) is 4. The molecule has 0 radical (unpaired) electrons. The van der Waals surface area contributed by atoms with Crippen molar-refractivity contribution in [2.45, 2.75) is 6.54 Å². The number of carboxylic acids is 1. The Balaban J connectivity index is 2.06. The van der Waals surface area contributed by atoms with E-state index in [9.17, 15) is 4.79 Å². The third kappa shape index (κ3) is 3.25. The molecule has 0 saturated heterocycles. The van der Waals surface area contributed by atoms with Crippen LogP contribution in [0.25, 0.3) is 0 Å². The van der Waals surface area contributed by atoms with E-state index in [0.717, 1.165) is 4.88 Å². The molecule has 0 unspecified atom stereocenters. The molecule has 0 amide bonds. The molecule has 0 aliphatic carbocycles. The van der Waals surface area contributed by atoms with Gasteiger partial charge in [-0.05, 0) is 24.3 Å². The van der Waals surface area contributed by atoms with Crippen molar-refractivity contribution in [3.63, 3.8) is 0 Å². The lowest BCUT2D eigenvalue weighted by Gasteiger charge is -2.07. The van der Waals surface area contributed by atoms with Gasteiger partial charge in [0.2, 0.25) is 0 Å². The molecular weight excluding hydrogens is 284 g/mol. The van der Waals surface area contributed by atoms with Crippen LogP contribution in [0.3, 0.4) is 0 Å². The lowest BCUT2D eigenvalue weighted by Crippen LogP contribution is -1.99. The summed E-state index contributed by atoms with van der Waals surface area (Å²) >= 11 is 7.40. The van der Waals surface area contributed by atoms with E-state index in [1.165, 1.54) is 11.3 Å². The van der Waals surface area contributed by atoms with Crippen molar-refractivity contribution in [1.29, 1.82) is 5.26 Å². The van der Waals surface area contributed by atoms with E-state index in [2.05, 4.69) is 5.32 Å². The number of carbonyl (C=O) groups is 1. The van der Waals surface area contributed by atoms with Crippen molar-refractivity contribution >= 4 is 34.6 Å². The van der Waals surface area contributed by atoms with Crippen LogP contribution in [0.4, 0.5) is 5.69 Å². The molecule has 0 spiro atoms. The van der Waals surface area contributed by atoms with E-state index < -0.39 is 5.97 Å². The molecule has 0 aliphatic rings. The minimum Gasteiger partial charge on any atom is -0.478 e. The molecule has 2 rings (SSSR count). The predicted molar refractivity (Wildman–Crippen MR) is 74.8 cm³/mol. The van der Waals surface area contributed by atoms with Gasteiger partial charge in [0.25, 0.3) is 0 Å². The Morgan fingerprint density at radius 2 is 2.26 bits per heavy atom. The van der Waals surface area contributed by atoms with Gasteiger partial charge in [-0.3, -0.25) is 0 Å². The predicted octanol–water partition coefficient (Wildman–Crippen LogP) is 3.58. The van der Waals surface area contributed by atoms with Crippen LogP contribution in [0.1, 0.15) is 20.8 Å². The molecule has 96 valence electrons. The summed E-state index contributed by atoms with van der Waals surface area (Å²) in [6.07, 6.45) is 0. The molecule has 0 fully saturated rings. The number of aromatic carboxylic acids is 1. The highest BCUT2D eigenvalue weighted by atomic mass is 35.5. The second-order valence-corrected chi connectivity index (χ2v) is 5.17. The highest BCUT2D eigenvalue weighted by molar-refractivity contribution is 7.10. The maximum Gasteiger partial charge on any atom is 0.336 e. The number of thiophene rings is 1. The highest BCUT2D eigenvalue weighted by Gasteiger charge is 2.07. The number of halogens is 1.